The summed E-state index contributed by atoms with van der Waals surface area (Å²) in [6.45, 7) is 4.18. The number of rotatable bonds is 4. The molecule has 4 atom stereocenters. The number of nitrogens with one attached hydrogen (secondary N) is 1. The molecular weight excluding hydrogens is 360 g/mol. The number of piperidine rings is 1. The number of carbonyl (C=O) groups excluding carboxylic acids is 2. The van der Waals surface area contributed by atoms with Crippen molar-refractivity contribution in [1.82, 2.24) is 9.88 Å². The predicted octanol–water partition coefficient (Wildman–Crippen LogP) is 1.58. The number of ether oxygens (including phenoxy) is 2. The van der Waals surface area contributed by atoms with Gasteiger partial charge in [-0.05, 0) is 44.5 Å². The fourth-order valence-corrected chi connectivity index (χ4v) is 5.05. The number of nitrogens with zero attached hydrogens (tertiary/aromatic N) is 1. The monoisotopic (exact) mass is 386 g/mol. The molecule has 0 radical (unpaired) electrons. The Morgan fingerprint density at radius 2 is 1.96 bits per heavy atom. The molecule has 0 spiro atoms. The molecule has 28 heavy (non-hydrogen) atoms. The minimum atomic E-state index is -1.55. The Balaban J connectivity index is 1.92. The van der Waals surface area contributed by atoms with Crippen molar-refractivity contribution >= 4 is 22.8 Å². The first kappa shape index (κ1) is 19.0. The minimum Gasteiger partial charge on any atom is -0.466 e. The number of H-pyrrole nitrogens is 1. The zero-order valence-corrected chi connectivity index (χ0v) is 16.4. The van der Waals surface area contributed by atoms with Crippen molar-refractivity contribution < 1.29 is 24.2 Å². The smallest absolute Gasteiger partial charge is 0.313 e. The van der Waals surface area contributed by atoms with Gasteiger partial charge in [-0.25, -0.2) is 0 Å². The van der Waals surface area contributed by atoms with Crippen LogP contribution in [-0.4, -0.2) is 59.8 Å². The molecule has 150 valence electrons. The third-order valence-electron chi connectivity index (χ3n) is 6.16. The predicted molar refractivity (Wildman–Crippen MR) is 103 cm³/mol. The Kier molecular flexibility index (Phi) is 4.67. The van der Waals surface area contributed by atoms with Gasteiger partial charge in [-0.1, -0.05) is 12.1 Å². The van der Waals surface area contributed by atoms with Crippen LogP contribution in [0, 0.1) is 11.8 Å². The lowest BCUT2D eigenvalue weighted by molar-refractivity contribution is -0.195. The van der Waals surface area contributed by atoms with Crippen LogP contribution < -0.4 is 0 Å². The van der Waals surface area contributed by atoms with E-state index >= 15 is 0 Å². The maximum Gasteiger partial charge on any atom is 0.313 e. The summed E-state index contributed by atoms with van der Waals surface area (Å²) < 4.78 is 10.6. The molecule has 2 aromatic rings. The van der Waals surface area contributed by atoms with Gasteiger partial charge in [-0.2, -0.15) is 0 Å². The maximum atomic E-state index is 13.0. The zero-order chi connectivity index (χ0) is 20.1. The highest BCUT2D eigenvalue weighted by Gasteiger charge is 2.61. The fourth-order valence-electron chi connectivity index (χ4n) is 5.05. The second-order valence-electron chi connectivity index (χ2n) is 7.62. The van der Waals surface area contributed by atoms with Crippen molar-refractivity contribution in [3.8, 4) is 0 Å². The molecule has 1 saturated heterocycles. The van der Waals surface area contributed by atoms with Crippen LogP contribution in [0.15, 0.2) is 24.4 Å². The Bertz CT molecular complexity index is 923. The Morgan fingerprint density at radius 3 is 2.68 bits per heavy atom. The Morgan fingerprint density at radius 1 is 1.25 bits per heavy atom. The van der Waals surface area contributed by atoms with E-state index in [9.17, 15) is 14.7 Å². The lowest BCUT2D eigenvalue weighted by atomic mass is 9.62. The summed E-state index contributed by atoms with van der Waals surface area (Å²) in [5.41, 5.74) is 1.12. The van der Waals surface area contributed by atoms with E-state index in [1.807, 2.05) is 36.3 Å². The molecule has 2 aliphatic rings. The van der Waals surface area contributed by atoms with E-state index < -0.39 is 29.4 Å². The van der Waals surface area contributed by atoms with Crippen molar-refractivity contribution in [1.29, 1.82) is 0 Å². The van der Waals surface area contributed by atoms with Crippen LogP contribution in [0.5, 0.6) is 0 Å². The number of aromatic nitrogens is 1. The number of esters is 2. The van der Waals surface area contributed by atoms with Gasteiger partial charge in [0.1, 0.15) is 11.5 Å². The van der Waals surface area contributed by atoms with Crippen LogP contribution in [0.2, 0.25) is 0 Å². The van der Waals surface area contributed by atoms with Crippen LogP contribution in [-0.2, 0) is 31.1 Å². The molecule has 2 N–H and O–H groups in total. The number of fused-ring (bicyclic) bond motifs is 2. The van der Waals surface area contributed by atoms with Crippen molar-refractivity contribution in [2.75, 3.05) is 26.8 Å². The lowest BCUT2D eigenvalue weighted by Crippen LogP contribution is -2.66. The number of hydrogen-bond acceptors (Lipinski definition) is 6. The van der Waals surface area contributed by atoms with Crippen molar-refractivity contribution in [3.63, 3.8) is 0 Å². The third-order valence-corrected chi connectivity index (χ3v) is 6.16. The van der Waals surface area contributed by atoms with Crippen LogP contribution in [0.3, 0.4) is 0 Å². The van der Waals surface area contributed by atoms with E-state index in [4.69, 9.17) is 9.47 Å². The molecule has 4 rings (SSSR count). The highest BCUT2D eigenvalue weighted by molar-refractivity contribution is 5.91. The molecular formula is C21H26N2O5. The van der Waals surface area contributed by atoms with Gasteiger partial charge < -0.3 is 19.6 Å². The van der Waals surface area contributed by atoms with Gasteiger partial charge in [0.2, 0.25) is 0 Å². The summed E-state index contributed by atoms with van der Waals surface area (Å²) in [5.74, 6) is -2.87. The van der Waals surface area contributed by atoms with E-state index in [0.717, 1.165) is 16.5 Å². The lowest BCUT2D eigenvalue weighted by Gasteiger charge is -2.53. The van der Waals surface area contributed by atoms with E-state index in [1.54, 1.807) is 13.8 Å². The number of hydrogen-bond donors (Lipinski definition) is 2. The molecule has 1 aliphatic carbocycles. The second kappa shape index (κ2) is 6.90. The number of carbonyl (C=O) groups is 2. The van der Waals surface area contributed by atoms with Crippen molar-refractivity contribution in [3.05, 3.63) is 35.5 Å². The summed E-state index contributed by atoms with van der Waals surface area (Å²) in [5, 5.41) is 13.0. The molecule has 1 fully saturated rings. The van der Waals surface area contributed by atoms with Crippen LogP contribution in [0.25, 0.3) is 10.9 Å². The highest BCUT2D eigenvalue weighted by Crippen LogP contribution is 2.51. The normalized spacial score (nSPS) is 29.4. The van der Waals surface area contributed by atoms with E-state index in [1.165, 1.54) is 0 Å². The van der Waals surface area contributed by atoms with Gasteiger partial charge >= 0.3 is 11.9 Å². The number of aliphatic hydroxyl groups is 1. The summed E-state index contributed by atoms with van der Waals surface area (Å²) in [6.07, 6.45) is 2.54. The van der Waals surface area contributed by atoms with Crippen molar-refractivity contribution in [2.24, 2.45) is 11.8 Å². The highest BCUT2D eigenvalue weighted by atomic mass is 16.5. The molecule has 1 aromatic carbocycles. The molecule has 0 unspecified atom stereocenters. The second-order valence-corrected chi connectivity index (χ2v) is 7.62. The standard InChI is InChI=1S/C21H26N2O5/c1-4-27-19(24)13-11-23(3)16-9-12-10-22-15-8-6-7-14(17(12)15)21(16,26)18(13)20(25)28-5-2/h6-8,10,13,16,18,22,26H,4-5,9,11H2,1-3H3/t13-,16+,18-,21-/m0/s1. The van der Waals surface area contributed by atoms with E-state index in [2.05, 4.69) is 4.98 Å². The van der Waals surface area contributed by atoms with Gasteiger partial charge in [-0.15, -0.1) is 0 Å². The van der Waals surface area contributed by atoms with Crippen LogP contribution >= 0.6 is 0 Å². The topological polar surface area (TPSA) is 91.9 Å². The third kappa shape index (κ3) is 2.57. The first-order valence-electron chi connectivity index (χ1n) is 9.78. The van der Waals surface area contributed by atoms with Gasteiger partial charge in [0, 0.05) is 29.7 Å². The summed E-state index contributed by atoms with van der Waals surface area (Å²) in [7, 11) is 1.88. The van der Waals surface area contributed by atoms with Crippen LogP contribution in [0.4, 0.5) is 0 Å². The first-order valence-corrected chi connectivity index (χ1v) is 9.78. The minimum absolute atomic E-state index is 0.182. The average molecular weight is 386 g/mol. The fraction of sp³-hybridized carbons (Fsp3) is 0.524. The number of likely N-dealkylation sites (N-methyl/N-ethyl adjacent to an activating group) is 1. The van der Waals surface area contributed by atoms with Crippen molar-refractivity contribution in [2.45, 2.75) is 31.9 Å². The molecule has 2 heterocycles. The maximum absolute atomic E-state index is 13.0. The van der Waals surface area contributed by atoms with Gasteiger partial charge in [0.25, 0.3) is 0 Å². The Hall–Kier alpha value is -2.38. The summed E-state index contributed by atoms with van der Waals surface area (Å²) in [4.78, 5) is 31.0. The molecule has 0 saturated carbocycles. The van der Waals surface area contributed by atoms with Crippen LogP contribution in [0.1, 0.15) is 25.0 Å². The number of benzene rings is 1. The average Bonchev–Trinajstić information content (AvgIpc) is 3.08. The summed E-state index contributed by atoms with van der Waals surface area (Å²) >= 11 is 0. The SMILES string of the molecule is CCOC(=O)[C@H]1CN(C)[C@@H]2Cc3c[nH]c4cccc(c34)[C@@]2(O)[C@@H]1C(=O)OCC. The van der Waals surface area contributed by atoms with Gasteiger partial charge in [0.05, 0.1) is 19.1 Å². The van der Waals surface area contributed by atoms with Gasteiger partial charge in [0.15, 0.2) is 0 Å². The largest absolute Gasteiger partial charge is 0.466 e. The molecule has 1 aromatic heterocycles. The summed E-state index contributed by atoms with van der Waals surface area (Å²) in [6, 6.07) is 5.30. The van der Waals surface area contributed by atoms with Gasteiger partial charge in [-0.3, -0.25) is 14.5 Å². The molecule has 0 bridgehead atoms. The molecule has 1 aliphatic heterocycles. The quantitative estimate of drug-likeness (QED) is 0.776. The molecule has 7 nitrogen and oxygen atoms in total. The first-order chi connectivity index (χ1) is 13.4. The zero-order valence-electron chi connectivity index (χ0n) is 16.4. The Labute approximate surface area is 163 Å². The number of aromatic amines is 1. The van der Waals surface area contributed by atoms with E-state index in [0.29, 0.717) is 18.5 Å². The number of likely N-dealkylation sites (tertiary alicyclic amines) is 1. The van der Waals surface area contributed by atoms with E-state index in [-0.39, 0.29) is 19.3 Å². The molecule has 7 heteroatoms. The molecule has 0 amide bonds.